The number of hydrogen-bond acceptors (Lipinski definition) is 2. The second-order valence-electron chi connectivity index (χ2n) is 3.17. The molecule has 0 amide bonds. The summed E-state index contributed by atoms with van der Waals surface area (Å²) in [5, 5.41) is 0. The van der Waals surface area contributed by atoms with Crippen LogP contribution in [0, 0.1) is 0 Å². The van der Waals surface area contributed by atoms with Gasteiger partial charge in [-0.3, -0.25) is 0 Å². The molecule has 4 heteroatoms. The summed E-state index contributed by atoms with van der Waals surface area (Å²) >= 11 is 0. The zero-order valence-electron chi connectivity index (χ0n) is 7.49. The van der Waals surface area contributed by atoms with E-state index in [0.29, 0.717) is 0 Å². The van der Waals surface area contributed by atoms with E-state index in [9.17, 15) is 12.3 Å². The molecule has 0 aliphatic heterocycles. The van der Waals surface area contributed by atoms with Gasteiger partial charge in [0.15, 0.2) is 0 Å². The molecular weight excluding hydrogens is 191 g/mol. The lowest BCUT2D eigenvalue weighted by Crippen LogP contribution is -1.94. The Bertz CT molecular complexity index is 396. The Kier molecular flexibility index (Phi) is 2.71. The first-order valence-corrected chi connectivity index (χ1v) is 5.34. The Hall–Kier alpha value is -0.900. The molecular formula is C9H11FO2S. The quantitative estimate of drug-likeness (QED) is 0.690. The minimum atomic E-state index is -4.56. The van der Waals surface area contributed by atoms with Crippen LogP contribution in [0.2, 0.25) is 0 Å². The molecule has 72 valence electrons. The summed E-state index contributed by atoms with van der Waals surface area (Å²) in [6.07, 6.45) is 0. The van der Waals surface area contributed by atoms with Gasteiger partial charge in [-0.05, 0) is 23.6 Å². The minimum absolute atomic E-state index is 0.196. The molecule has 13 heavy (non-hydrogen) atoms. The van der Waals surface area contributed by atoms with Crippen LogP contribution >= 0.6 is 0 Å². The van der Waals surface area contributed by atoms with Crippen LogP contribution in [0.1, 0.15) is 25.3 Å². The second-order valence-corrected chi connectivity index (χ2v) is 4.51. The van der Waals surface area contributed by atoms with Gasteiger partial charge < -0.3 is 0 Å². The largest absolute Gasteiger partial charge is 0.332 e. The first-order chi connectivity index (χ1) is 5.91. The lowest BCUT2D eigenvalue weighted by Gasteiger charge is -2.05. The third-order valence-corrected chi connectivity index (χ3v) is 2.62. The molecule has 0 saturated heterocycles. The van der Waals surface area contributed by atoms with Gasteiger partial charge in [-0.25, -0.2) is 0 Å². The van der Waals surface area contributed by atoms with Gasteiger partial charge in [0.1, 0.15) is 0 Å². The van der Waals surface area contributed by atoms with Crippen molar-refractivity contribution in [1.29, 1.82) is 0 Å². The van der Waals surface area contributed by atoms with Crippen LogP contribution in [-0.2, 0) is 10.2 Å². The average Bonchev–Trinajstić information content (AvgIpc) is 2.03. The lowest BCUT2D eigenvalue weighted by atomic mass is 10.0. The fraction of sp³-hybridized carbons (Fsp3) is 0.333. The van der Waals surface area contributed by atoms with Crippen LogP contribution in [0.5, 0.6) is 0 Å². The van der Waals surface area contributed by atoms with Gasteiger partial charge >= 0.3 is 10.2 Å². The summed E-state index contributed by atoms with van der Waals surface area (Å²) in [4.78, 5) is -0.265. The van der Waals surface area contributed by atoms with Crippen LogP contribution in [0.3, 0.4) is 0 Å². The molecule has 1 aromatic carbocycles. The van der Waals surface area contributed by atoms with Crippen LogP contribution in [0.25, 0.3) is 0 Å². The number of halogens is 1. The maximum Gasteiger partial charge on any atom is 0.332 e. The van der Waals surface area contributed by atoms with Crippen molar-refractivity contribution in [3.8, 4) is 0 Å². The van der Waals surface area contributed by atoms with Crippen molar-refractivity contribution in [3.63, 3.8) is 0 Å². The van der Waals surface area contributed by atoms with Crippen LogP contribution in [0.4, 0.5) is 3.89 Å². The third-order valence-electron chi connectivity index (χ3n) is 1.81. The van der Waals surface area contributed by atoms with Crippen molar-refractivity contribution in [1.82, 2.24) is 0 Å². The number of rotatable bonds is 2. The predicted octanol–water partition coefficient (Wildman–Crippen LogP) is 2.47. The average molecular weight is 202 g/mol. The van der Waals surface area contributed by atoms with Gasteiger partial charge in [-0.15, -0.1) is 3.89 Å². The van der Waals surface area contributed by atoms with Crippen LogP contribution in [-0.4, -0.2) is 8.42 Å². The van der Waals surface area contributed by atoms with Crippen LogP contribution < -0.4 is 0 Å². The third kappa shape index (κ3) is 2.52. The highest BCUT2D eigenvalue weighted by atomic mass is 32.3. The standard InChI is InChI=1S/C9H11FO2S/c1-7(2)8-4-3-5-9(6-8)13(10,11)12/h3-7H,1-2H3. The highest BCUT2D eigenvalue weighted by molar-refractivity contribution is 7.86. The maximum absolute atomic E-state index is 12.5. The van der Waals surface area contributed by atoms with E-state index < -0.39 is 10.2 Å². The second kappa shape index (κ2) is 3.46. The van der Waals surface area contributed by atoms with Crippen molar-refractivity contribution in [3.05, 3.63) is 29.8 Å². The highest BCUT2D eigenvalue weighted by Crippen LogP contribution is 2.19. The summed E-state index contributed by atoms with van der Waals surface area (Å²) in [6.45, 7) is 3.84. The molecule has 1 aromatic rings. The molecule has 0 saturated carbocycles. The molecule has 0 unspecified atom stereocenters. The van der Waals surface area contributed by atoms with E-state index in [1.807, 2.05) is 13.8 Å². The zero-order valence-corrected chi connectivity index (χ0v) is 8.31. The van der Waals surface area contributed by atoms with Crippen molar-refractivity contribution < 1.29 is 12.3 Å². The number of hydrogen-bond donors (Lipinski definition) is 0. The molecule has 1 rings (SSSR count). The molecule has 0 atom stereocenters. The van der Waals surface area contributed by atoms with Crippen molar-refractivity contribution in [2.45, 2.75) is 24.7 Å². The first-order valence-electron chi connectivity index (χ1n) is 3.96. The van der Waals surface area contributed by atoms with Crippen molar-refractivity contribution in [2.24, 2.45) is 0 Å². The summed E-state index contributed by atoms with van der Waals surface area (Å²) in [5.74, 6) is 0.196. The van der Waals surface area contributed by atoms with Gasteiger partial charge in [0.05, 0.1) is 4.90 Å². The Morgan fingerprint density at radius 3 is 2.38 bits per heavy atom. The lowest BCUT2D eigenvalue weighted by molar-refractivity contribution is 0.552. The fourth-order valence-corrected chi connectivity index (χ4v) is 1.54. The summed E-state index contributed by atoms with van der Waals surface area (Å²) in [5.41, 5.74) is 0.818. The summed E-state index contributed by atoms with van der Waals surface area (Å²) in [6, 6.07) is 5.93. The molecule has 0 radical (unpaired) electrons. The monoisotopic (exact) mass is 202 g/mol. The van der Waals surface area contributed by atoms with E-state index in [-0.39, 0.29) is 10.8 Å². The minimum Gasteiger partial charge on any atom is -0.189 e. The zero-order chi connectivity index (χ0) is 10.1. The SMILES string of the molecule is CC(C)c1cccc(S(=O)(=O)F)c1. The fourth-order valence-electron chi connectivity index (χ4n) is 1.03. The molecule has 0 spiro atoms. The van der Waals surface area contributed by atoms with E-state index in [1.54, 1.807) is 12.1 Å². The van der Waals surface area contributed by atoms with Crippen molar-refractivity contribution in [2.75, 3.05) is 0 Å². The number of benzene rings is 1. The summed E-state index contributed by atoms with van der Waals surface area (Å²) < 4.78 is 33.6. The van der Waals surface area contributed by atoms with Crippen molar-refractivity contribution >= 4 is 10.2 Å². The first kappa shape index (κ1) is 10.2. The van der Waals surface area contributed by atoms with Gasteiger partial charge in [-0.2, -0.15) is 8.42 Å². The van der Waals surface area contributed by atoms with Gasteiger partial charge in [-0.1, -0.05) is 26.0 Å². The molecule has 0 aromatic heterocycles. The molecule has 2 nitrogen and oxygen atoms in total. The molecule has 0 N–H and O–H groups in total. The topological polar surface area (TPSA) is 34.1 Å². The predicted molar refractivity (Wildman–Crippen MR) is 48.8 cm³/mol. The maximum atomic E-state index is 12.5. The van der Waals surface area contributed by atoms with E-state index in [0.717, 1.165) is 5.56 Å². The highest BCUT2D eigenvalue weighted by Gasteiger charge is 2.12. The Morgan fingerprint density at radius 1 is 1.31 bits per heavy atom. The molecule has 0 aliphatic carbocycles. The van der Waals surface area contributed by atoms with Gasteiger partial charge in [0, 0.05) is 0 Å². The van der Waals surface area contributed by atoms with E-state index in [4.69, 9.17) is 0 Å². The van der Waals surface area contributed by atoms with Gasteiger partial charge in [0.25, 0.3) is 0 Å². The van der Waals surface area contributed by atoms with E-state index in [1.165, 1.54) is 12.1 Å². The Morgan fingerprint density at radius 2 is 1.92 bits per heavy atom. The van der Waals surface area contributed by atoms with E-state index in [2.05, 4.69) is 0 Å². The smallest absolute Gasteiger partial charge is 0.189 e. The molecule has 0 heterocycles. The van der Waals surface area contributed by atoms with Gasteiger partial charge in [0.2, 0.25) is 0 Å². The Labute approximate surface area is 77.6 Å². The molecule has 0 fully saturated rings. The normalized spacial score (nSPS) is 12.0. The molecule has 0 bridgehead atoms. The summed E-state index contributed by atoms with van der Waals surface area (Å²) in [7, 11) is -4.56. The van der Waals surface area contributed by atoms with E-state index >= 15 is 0 Å². The molecule has 0 aliphatic rings. The van der Waals surface area contributed by atoms with Crippen LogP contribution in [0.15, 0.2) is 29.2 Å². The Balaban J connectivity index is 3.21.